The Kier molecular flexibility index (Phi) is 3.72. The summed E-state index contributed by atoms with van der Waals surface area (Å²) in [4.78, 5) is 13.9. The number of hydrogen-bond donors (Lipinski definition) is 1. The normalized spacial score (nSPS) is 10.3. The highest BCUT2D eigenvalue weighted by molar-refractivity contribution is 9.10. The molecular weight excluding hydrogens is 296 g/mol. The Balaban J connectivity index is 2.17. The highest BCUT2D eigenvalue weighted by atomic mass is 79.9. The van der Waals surface area contributed by atoms with Crippen molar-refractivity contribution in [2.45, 2.75) is 6.54 Å². The van der Waals surface area contributed by atoms with Crippen LogP contribution >= 0.6 is 15.9 Å². The highest BCUT2D eigenvalue weighted by Gasteiger charge is 2.15. The van der Waals surface area contributed by atoms with E-state index in [1.807, 2.05) is 6.07 Å². The number of nitrogens with zero attached hydrogens (tertiary/aromatic N) is 1. The lowest BCUT2D eigenvalue weighted by molar-refractivity contribution is 0.0784. The van der Waals surface area contributed by atoms with Crippen LogP contribution in [0, 0.1) is 0 Å². The molecule has 1 heterocycles. The Labute approximate surface area is 114 Å². The molecule has 0 aliphatic rings. The van der Waals surface area contributed by atoms with Crippen molar-refractivity contribution in [1.29, 1.82) is 0 Å². The number of halogens is 1. The summed E-state index contributed by atoms with van der Waals surface area (Å²) >= 11 is 3.36. The zero-order valence-electron chi connectivity index (χ0n) is 9.89. The zero-order valence-corrected chi connectivity index (χ0v) is 11.5. The molecule has 0 unspecified atom stereocenters. The van der Waals surface area contributed by atoms with Gasteiger partial charge in [-0.3, -0.25) is 4.79 Å². The minimum atomic E-state index is -0.0876. The molecule has 0 saturated heterocycles. The van der Waals surface area contributed by atoms with Gasteiger partial charge in [-0.15, -0.1) is 0 Å². The summed E-state index contributed by atoms with van der Waals surface area (Å²) in [6, 6.07) is 7.02. The number of rotatable bonds is 3. The second-order valence-electron chi connectivity index (χ2n) is 4.03. The van der Waals surface area contributed by atoms with Gasteiger partial charge >= 0.3 is 0 Å². The molecule has 0 saturated carbocycles. The molecule has 1 amide bonds. The fraction of sp³-hybridized carbons (Fsp3) is 0.154. The average molecular weight is 309 g/mol. The molecular formula is C13H13BrN2O2. The van der Waals surface area contributed by atoms with Crippen LogP contribution in [0.1, 0.15) is 15.9 Å². The van der Waals surface area contributed by atoms with Gasteiger partial charge in [-0.05, 0) is 40.2 Å². The van der Waals surface area contributed by atoms with E-state index in [4.69, 9.17) is 10.2 Å². The minimum Gasteiger partial charge on any atom is -0.472 e. The third-order valence-corrected chi connectivity index (χ3v) is 3.26. The minimum absolute atomic E-state index is 0.0876. The van der Waals surface area contributed by atoms with E-state index in [0.29, 0.717) is 17.8 Å². The molecule has 0 radical (unpaired) electrons. The predicted octanol–water partition coefficient (Wildman–Crippen LogP) is 2.90. The summed E-state index contributed by atoms with van der Waals surface area (Å²) < 4.78 is 5.71. The molecule has 0 atom stereocenters. The molecule has 4 nitrogen and oxygen atoms in total. The van der Waals surface area contributed by atoms with E-state index < -0.39 is 0 Å². The summed E-state index contributed by atoms with van der Waals surface area (Å²) in [6.07, 6.45) is 3.21. The number of hydrogen-bond acceptors (Lipinski definition) is 3. The molecule has 1 aromatic carbocycles. The number of amides is 1. The van der Waals surface area contributed by atoms with E-state index in [2.05, 4.69) is 15.9 Å². The molecule has 2 N–H and O–H groups in total. The Bertz CT molecular complexity index is 552. The van der Waals surface area contributed by atoms with E-state index in [-0.39, 0.29) is 5.91 Å². The molecule has 5 heteroatoms. The van der Waals surface area contributed by atoms with Crippen LogP contribution in [0.25, 0.3) is 0 Å². The Morgan fingerprint density at radius 2 is 2.22 bits per heavy atom. The Morgan fingerprint density at radius 3 is 2.89 bits per heavy atom. The Morgan fingerprint density at radius 1 is 1.44 bits per heavy atom. The van der Waals surface area contributed by atoms with Crippen LogP contribution < -0.4 is 5.73 Å². The maximum absolute atomic E-state index is 12.3. The molecule has 0 bridgehead atoms. The van der Waals surface area contributed by atoms with Crippen LogP contribution in [0.3, 0.4) is 0 Å². The quantitative estimate of drug-likeness (QED) is 0.887. The highest BCUT2D eigenvalue weighted by Crippen LogP contribution is 2.21. The number of carbonyl (C=O) groups is 1. The first-order valence-electron chi connectivity index (χ1n) is 5.39. The first-order chi connectivity index (χ1) is 8.58. The van der Waals surface area contributed by atoms with Crippen molar-refractivity contribution in [1.82, 2.24) is 4.90 Å². The van der Waals surface area contributed by atoms with Gasteiger partial charge < -0.3 is 15.1 Å². The monoisotopic (exact) mass is 308 g/mol. The fourth-order valence-corrected chi connectivity index (χ4v) is 2.06. The van der Waals surface area contributed by atoms with Crippen molar-refractivity contribution < 1.29 is 9.21 Å². The molecule has 0 aliphatic heterocycles. The van der Waals surface area contributed by atoms with Gasteiger partial charge in [0.1, 0.15) is 0 Å². The smallest absolute Gasteiger partial charge is 0.255 e. The number of carbonyl (C=O) groups excluding carboxylic acids is 1. The number of nitrogens with two attached hydrogens (primary N) is 1. The molecule has 94 valence electrons. The van der Waals surface area contributed by atoms with E-state index in [1.165, 1.54) is 0 Å². The van der Waals surface area contributed by atoms with Gasteiger partial charge in [0.2, 0.25) is 0 Å². The third-order valence-electron chi connectivity index (χ3n) is 2.57. The van der Waals surface area contributed by atoms with Crippen LogP contribution in [0.15, 0.2) is 45.7 Å². The number of anilines is 1. The van der Waals surface area contributed by atoms with Crippen LogP contribution in [0.5, 0.6) is 0 Å². The second kappa shape index (κ2) is 5.27. The standard InChI is InChI=1S/C13H13BrN2O2/c1-16(7-9-4-5-18-8-9)13(17)11-6-10(15)2-3-12(11)14/h2-6,8H,7,15H2,1H3. The molecule has 1 aromatic heterocycles. The van der Waals surface area contributed by atoms with Crippen LogP contribution in [-0.2, 0) is 6.54 Å². The predicted molar refractivity (Wildman–Crippen MR) is 73.1 cm³/mol. The lowest BCUT2D eigenvalue weighted by atomic mass is 10.1. The number of nitrogen functional groups attached to an aromatic ring is 1. The summed E-state index contributed by atoms with van der Waals surface area (Å²) in [7, 11) is 1.74. The lowest BCUT2D eigenvalue weighted by Crippen LogP contribution is -2.26. The van der Waals surface area contributed by atoms with Gasteiger partial charge in [0, 0.05) is 29.3 Å². The van der Waals surface area contributed by atoms with Crippen molar-refractivity contribution in [2.75, 3.05) is 12.8 Å². The third kappa shape index (κ3) is 2.73. The van der Waals surface area contributed by atoms with Gasteiger partial charge in [0.25, 0.3) is 5.91 Å². The second-order valence-corrected chi connectivity index (χ2v) is 4.89. The maximum atomic E-state index is 12.3. The fourth-order valence-electron chi connectivity index (χ4n) is 1.64. The summed E-state index contributed by atoms with van der Waals surface area (Å²) in [5, 5.41) is 0. The van der Waals surface area contributed by atoms with Crippen LogP contribution in [0.2, 0.25) is 0 Å². The van der Waals surface area contributed by atoms with Crippen molar-refractivity contribution in [2.24, 2.45) is 0 Å². The molecule has 0 fully saturated rings. The van der Waals surface area contributed by atoms with Crippen molar-refractivity contribution in [3.05, 3.63) is 52.4 Å². The van der Waals surface area contributed by atoms with E-state index >= 15 is 0 Å². The lowest BCUT2D eigenvalue weighted by Gasteiger charge is -2.17. The number of furan rings is 1. The van der Waals surface area contributed by atoms with E-state index in [0.717, 1.165) is 10.0 Å². The molecule has 2 aromatic rings. The van der Waals surface area contributed by atoms with Crippen LogP contribution in [-0.4, -0.2) is 17.9 Å². The SMILES string of the molecule is CN(Cc1ccoc1)C(=O)c1cc(N)ccc1Br. The maximum Gasteiger partial charge on any atom is 0.255 e. The first kappa shape index (κ1) is 12.7. The van der Waals surface area contributed by atoms with Gasteiger partial charge in [-0.2, -0.15) is 0 Å². The molecule has 2 rings (SSSR count). The van der Waals surface area contributed by atoms with Crippen molar-refractivity contribution in [3.8, 4) is 0 Å². The van der Waals surface area contributed by atoms with Crippen LogP contribution in [0.4, 0.5) is 5.69 Å². The van der Waals surface area contributed by atoms with Gasteiger partial charge in [0.05, 0.1) is 18.1 Å². The summed E-state index contributed by atoms with van der Waals surface area (Å²) in [5.74, 6) is -0.0876. The first-order valence-corrected chi connectivity index (χ1v) is 6.19. The Hall–Kier alpha value is -1.75. The summed E-state index contributed by atoms with van der Waals surface area (Å²) in [6.45, 7) is 0.497. The average Bonchev–Trinajstić information content (AvgIpc) is 2.84. The molecule has 18 heavy (non-hydrogen) atoms. The van der Waals surface area contributed by atoms with Gasteiger partial charge in [-0.1, -0.05) is 0 Å². The van der Waals surface area contributed by atoms with E-state index in [1.54, 1.807) is 42.7 Å². The van der Waals surface area contributed by atoms with Gasteiger partial charge in [0.15, 0.2) is 0 Å². The molecule has 0 aliphatic carbocycles. The topological polar surface area (TPSA) is 59.5 Å². The summed E-state index contributed by atoms with van der Waals surface area (Å²) in [5.41, 5.74) is 7.77. The van der Waals surface area contributed by atoms with Gasteiger partial charge in [-0.25, -0.2) is 0 Å². The largest absolute Gasteiger partial charge is 0.472 e. The van der Waals surface area contributed by atoms with Crippen molar-refractivity contribution in [3.63, 3.8) is 0 Å². The van der Waals surface area contributed by atoms with E-state index in [9.17, 15) is 4.79 Å². The molecule has 0 spiro atoms. The zero-order chi connectivity index (χ0) is 13.1. The number of benzene rings is 1. The van der Waals surface area contributed by atoms with Crippen molar-refractivity contribution >= 4 is 27.5 Å².